The number of nitrogens with zero attached hydrogens (tertiary/aromatic N) is 2. The molecule has 1 aliphatic heterocycles. The average Bonchev–Trinajstić information content (AvgIpc) is 3.47. The van der Waals surface area contributed by atoms with Gasteiger partial charge in [-0.25, -0.2) is 0 Å². The van der Waals surface area contributed by atoms with Gasteiger partial charge >= 0.3 is 0 Å². The Bertz CT molecular complexity index is 1360. The molecule has 5 rings (SSSR count). The number of H-pyrrole nitrogens is 1. The van der Waals surface area contributed by atoms with E-state index in [1.165, 1.54) is 11.1 Å². The number of carbonyl (C=O) groups is 1. The van der Waals surface area contributed by atoms with Gasteiger partial charge in [0.1, 0.15) is 0 Å². The van der Waals surface area contributed by atoms with Gasteiger partial charge in [-0.2, -0.15) is 0 Å². The first-order valence-corrected chi connectivity index (χ1v) is 12.7. The number of carbonyl (C=O) groups excluding carboxylic acids is 1. The zero-order valence-electron chi connectivity index (χ0n) is 20.2. The molecule has 174 valence electrons. The van der Waals surface area contributed by atoms with Crippen LogP contribution < -0.4 is 0 Å². The monoisotopic (exact) mass is 515 g/mol. The largest absolute Gasteiger partial charge is 0.353 e. The first kappa shape index (κ1) is 22.9. The van der Waals surface area contributed by atoms with Crippen LogP contribution >= 0.6 is 15.9 Å². The van der Waals surface area contributed by atoms with E-state index in [1.807, 2.05) is 31.0 Å². The first-order valence-electron chi connectivity index (χ1n) is 11.9. The van der Waals surface area contributed by atoms with Crippen LogP contribution in [0.25, 0.3) is 33.3 Å². The molecule has 2 aromatic carbocycles. The number of pyridine rings is 1. The number of hydrogen-bond acceptors (Lipinski definition) is 2. The lowest BCUT2D eigenvalue weighted by molar-refractivity contribution is -0.135. The van der Waals surface area contributed by atoms with Gasteiger partial charge in [0.25, 0.3) is 0 Å². The van der Waals surface area contributed by atoms with Crippen molar-refractivity contribution in [2.75, 3.05) is 13.1 Å². The number of aromatic nitrogens is 2. The topological polar surface area (TPSA) is 49.0 Å². The van der Waals surface area contributed by atoms with E-state index < -0.39 is 5.41 Å². The molecule has 0 aliphatic carbocycles. The summed E-state index contributed by atoms with van der Waals surface area (Å²) in [5, 5.41) is 1.09. The maximum absolute atomic E-state index is 13.5. The van der Waals surface area contributed by atoms with Gasteiger partial charge in [-0.15, -0.1) is 0 Å². The number of aryl methyl sites for hydroxylation is 2. The summed E-state index contributed by atoms with van der Waals surface area (Å²) in [7, 11) is 0. The highest BCUT2D eigenvalue weighted by Crippen LogP contribution is 2.43. The Labute approximate surface area is 209 Å². The summed E-state index contributed by atoms with van der Waals surface area (Å²) >= 11 is 3.82. The Morgan fingerprint density at radius 2 is 1.74 bits per heavy atom. The summed E-state index contributed by atoms with van der Waals surface area (Å²) in [6, 6.07) is 15.0. The second-order valence-corrected chi connectivity index (χ2v) is 10.9. The van der Waals surface area contributed by atoms with Crippen LogP contribution in [-0.2, 0) is 10.2 Å². The Kier molecular flexibility index (Phi) is 5.85. The third kappa shape index (κ3) is 3.96. The van der Waals surface area contributed by atoms with E-state index >= 15 is 0 Å². The minimum absolute atomic E-state index is 0.198. The van der Waals surface area contributed by atoms with Crippen molar-refractivity contribution in [1.29, 1.82) is 0 Å². The van der Waals surface area contributed by atoms with Crippen LogP contribution in [0.2, 0.25) is 0 Å². The summed E-state index contributed by atoms with van der Waals surface area (Å²) in [6.07, 6.45) is 5.89. The van der Waals surface area contributed by atoms with E-state index in [9.17, 15) is 4.79 Å². The van der Waals surface area contributed by atoms with E-state index in [0.717, 1.165) is 69.3 Å². The molecule has 2 aromatic heterocycles. The number of amides is 1. The van der Waals surface area contributed by atoms with Crippen molar-refractivity contribution in [1.82, 2.24) is 14.9 Å². The van der Waals surface area contributed by atoms with Crippen molar-refractivity contribution >= 4 is 32.7 Å². The Balaban J connectivity index is 1.75. The molecule has 5 heteroatoms. The van der Waals surface area contributed by atoms with Gasteiger partial charge < -0.3 is 9.88 Å². The van der Waals surface area contributed by atoms with Crippen LogP contribution in [-0.4, -0.2) is 33.9 Å². The van der Waals surface area contributed by atoms with E-state index in [1.54, 1.807) is 6.20 Å². The number of fused-ring (bicyclic) bond motifs is 1. The molecule has 1 aliphatic rings. The van der Waals surface area contributed by atoms with E-state index in [4.69, 9.17) is 0 Å². The third-order valence-electron chi connectivity index (χ3n) is 6.97. The first-order chi connectivity index (χ1) is 16.3. The predicted molar refractivity (Wildman–Crippen MR) is 143 cm³/mol. The van der Waals surface area contributed by atoms with Gasteiger partial charge in [-0.1, -0.05) is 23.3 Å². The lowest BCUT2D eigenvalue weighted by atomic mass is 9.82. The molecule has 0 saturated carbocycles. The molecule has 0 atom stereocenters. The minimum atomic E-state index is -0.620. The van der Waals surface area contributed by atoms with Crippen molar-refractivity contribution in [3.8, 4) is 22.4 Å². The summed E-state index contributed by atoms with van der Waals surface area (Å²) in [5.74, 6) is 0.198. The quantitative estimate of drug-likeness (QED) is 0.313. The Hall–Kier alpha value is -2.92. The van der Waals surface area contributed by atoms with Gasteiger partial charge in [0, 0.05) is 46.5 Å². The molecular formula is C29H30BrN3O. The molecular weight excluding hydrogens is 486 g/mol. The van der Waals surface area contributed by atoms with E-state index in [-0.39, 0.29) is 5.91 Å². The van der Waals surface area contributed by atoms with Crippen LogP contribution in [0.5, 0.6) is 0 Å². The van der Waals surface area contributed by atoms with Crippen LogP contribution in [0.3, 0.4) is 0 Å². The van der Waals surface area contributed by atoms with Crippen molar-refractivity contribution in [2.45, 2.75) is 46.0 Å². The molecule has 1 amide bonds. The van der Waals surface area contributed by atoms with E-state index in [0.29, 0.717) is 0 Å². The second kappa shape index (κ2) is 8.70. The smallest absolute Gasteiger partial charge is 0.232 e. The number of likely N-dealkylation sites (tertiary alicyclic amines) is 1. The van der Waals surface area contributed by atoms with Crippen molar-refractivity contribution in [2.24, 2.45) is 0 Å². The van der Waals surface area contributed by atoms with Gasteiger partial charge in [0.05, 0.1) is 16.6 Å². The number of rotatable bonds is 4. The van der Waals surface area contributed by atoms with Gasteiger partial charge in [0.15, 0.2) is 0 Å². The van der Waals surface area contributed by atoms with E-state index in [2.05, 4.69) is 76.1 Å². The van der Waals surface area contributed by atoms with Crippen LogP contribution in [0.4, 0.5) is 0 Å². The molecule has 0 spiro atoms. The maximum atomic E-state index is 13.5. The lowest BCUT2D eigenvalue weighted by Gasteiger charge is -2.30. The Morgan fingerprint density at radius 3 is 2.38 bits per heavy atom. The third-order valence-corrected chi connectivity index (χ3v) is 7.60. The lowest BCUT2D eigenvalue weighted by Crippen LogP contribution is -2.41. The van der Waals surface area contributed by atoms with Crippen molar-refractivity contribution < 1.29 is 4.79 Å². The van der Waals surface area contributed by atoms with Crippen LogP contribution in [0.15, 0.2) is 59.3 Å². The summed E-state index contributed by atoms with van der Waals surface area (Å²) in [5.41, 5.74) is 8.25. The molecule has 1 fully saturated rings. The number of benzene rings is 2. The molecule has 1 saturated heterocycles. The molecule has 34 heavy (non-hydrogen) atoms. The molecule has 4 nitrogen and oxygen atoms in total. The Morgan fingerprint density at radius 1 is 1.03 bits per heavy atom. The van der Waals surface area contributed by atoms with Crippen LogP contribution in [0, 0.1) is 13.8 Å². The summed E-state index contributed by atoms with van der Waals surface area (Å²) in [4.78, 5) is 23.6. The zero-order chi connectivity index (χ0) is 24.0. The van der Waals surface area contributed by atoms with Gasteiger partial charge in [0.2, 0.25) is 5.91 Å². The molecule has 0 radical (unpaired) electrons. The maximum Gasteiger partial charge on any atom is 0.232 e. The second-order valence-electron chi connectivity index (χ2n) is 10.00. The number of aromatic amines is 1. The normalized spacial score (nSPS) is 14.2. The van der Waals surface area contributed by atoms with Crippen LogP contribution in [0.1, 0.15) is 43.4 Å². The number of halogens is 1. The average molecular weight is 516 g/mol. The molecule has 0 unspecified atom stereocenters. The molecule has 3 heterocycles. The zero-order valence-corrected chi connectivity index (χ0v) is 21.8. The van der Waals surface area contributed by atoms with Gasteiger partial charge in [-0.3, -0.25) is 9.78 Å². The molecule has 1 N–H and O–H groups in total. The fraction of sp³-hybridized carbons (Fsp3) is 0.310. The molecule has 4 aromatic rings. The minimum Gasteiger partial charge on any atom is -0.353 e. The fourth-order valence-electron chi connectivity index (χ4n) is 5.20. The highest BCUT2D eigenvalue weighted by Gasteiger charge is 2.36. The van der Waals surface area contributed by atoms with Crippen molar-refractivity contribution in [3.05, 3.63) is 76.0 Å². The highest BCUT2D eigenvalue weighted by molar-refractivity contribution is 9.10. The van der Waals surface area contributed by atoms with Gasteiger partial charge in [-0.05, 0) is 97.9 Å². The van der Waals surface area contributed by atoms with Crippen molar-refractivity contribution in [3.63, 3.8) is 0 Å². The highest BCUT2D eigenvalue weighted by atomic mass is 79.9. The molecule has 0 bridgehead atoms. The number of hydrogen-bond donors (Lipinski definition) is 1. The number of nitrogens with one attached hydrogen (secondary N) is 1. The fourth-order valence-corrected chi connectivity index (χ4v) is 5.76. The summed E-state index contributed by atoms with van der Waals surface area (Å²) < 4.78 is 0.961. The SMILES string of the molecule is Cc1cc(C)cc(-c2[nH]c3c(Br)cc(C(C)(C)C(=O)N4CCCC4)cc3c2-c2cccnc2)c1. The standard InChI is InChI=1S/C29H30BrN3O/c1-18-12-19(2)14-21(13-18)26-25(20-8-7-9-31-17-20)23-15-22(16-24(30)27(23)32-26)29(3,4)28(34)33-10-5-6-11-33/h7-9,12-17,32H,5-6,10-11H2,1-4H3. The predicted octanol–water partition coefficient (Wildman–Crippen LogP) is 7.18. The summed E-state index contributed by atoms with van der Waals surface area (Å²) in [6.45, 7) is 10.1.